The maximum Gasteiger partial charge on any atom is 0.416 e. The number of alkyl halides is 3. The van der Waals surface area contributed by atoms with Crippen LogP contribution in [0.1, 0.15) is 11.1 Å². The molecule has 12 heteroatoms. The quantitative estimate of drug-likeness (QED) is 0.651. The molecule has 0 saturated heterocycles. The minimum atomic E-state index is -4.49. The highest BCUT2D eigenvalue weighted by molar-refractivity contribution is 7.89. The van der Waals surface area contributed by atoms with Crippen molar-refractivity contribution in [2.75, 3.05) is 12.4 Å². The second-order valence-corrected chi connectivity index (χ2v) is 8.06. The number of hydrogen-bond donors (Lipinski definition) is 2. The van der Waals surface area contributed by atoms with Gasteiger partial charge in [0.25, 0.3) is 0 Å². The van der Waals surface area contributed by atoms with Gasteiger partial charge >= 0.3 is 6.18 Å². The summed E-state index contributed by atoms with van der Waals surface area (Å²) in [5.41, 5.74) is 0.490. The van der Waals surface area contributed by atoms with E-state index >= 15 is 0 Å². The smallest absolute Gasteiger partial charge is 0.355 e. The van der Waals surface area contributed by atoms with E-state index < -0.39 is 21.8 Å². The fourth-order valence-electron chi connectivity index (χ4n) is 2.68. The lowest BCUT2D eigenvalue weighted by Gasteiger charge is -2.16. The van der Waals surface area contributed by atoms with E-state index in [-0.39, 0.29) is 22.0 Å². The summed E-state index contributed by atoms with van der Waals surface area (Å²) in [7, 11) is -0.953. The maximum absolute atomic E-state index is 13.0. The van der Waals surface area contributed by atoms with Crippen molar-refractivity contribution in [3.05, 3.63) is 47.5 Å². The van der Waals surface area contributed by atoms with Crippen molar-refractivity contribution in [2.24, 2.45) is 7.05 Å². The third kappa shape index (κ3) is 4.38. The van der Waals surface area contributed by atoms with Crippen LogP contribution >= 0.6 is 0 Å². The molecule has 0 atom stereocenters. The van der Waals surface area contributed by atoms with Gasteiger partial charge in [0.2, 0.25) is 15.8 Å². The van der Waals surface area contributed by atoms with Crippen LogP contribution in [0.15, 0.2) is 41.3 Å². The number of rotatable bonds is 5. The Morgan fingerprint density at radius 2 is 1.86 bits per heavy atom. The summed E-state index contributed by atoms with van der Waals surface area (Å²) in [5, 5.41) is 14.7. The van der Waals surface area contributed by atoms with Crippen molar-refractivity contribution in [1.29, 1.82) is 0 Å². The lowest BCUT2D eigenvalue weighted by Crippen LogP contribution is -2.19. The van der Waals surface area contributed by atoms with Crippen LogP contribution in [0.4, 0.5) is 24.5 Å². The molecule has 0 unspecified atom stereocenters. The number of aromatic nitrogens is 4. The van der Waals surface area contributed by atoms with Crippen molar-refractivity contribution < 1.29 is 21.6 Å². The molecule has 0 aliphatic carbocycles. The van der Waals surface area contributed by atoms with Crippen LogP contribution in [0.5, 0.6) is 0 Å². The van der Waals surface area contributed by atoms with Gasteiger partial charge < -0.3 is 5.32 Å². The normalized spacial score (nSPS) is 12.2. The first kappa shape index (κ1) is 20.7. The first-order valence-corrected chi connectivity index (χ1v) is 9.76. The molecule has 0 radical (unpaired) electrons. The SMILES string of the molecule is CNS(=O)(=O)c1cc(C)c(Nc2cccc(C(F)(F)F)c2)c(-c2nnn(C)n2)c1. The van der Waals surface area contributed by atoms with Gasteiger partial charge in [-0.15, -0.1) is 10.2 Å². The summed E-state index contributed by atoms with van der Waals surface area (Å²) >= 11 is 0. The third-order valence-electron chi connectivity index (χ3n) is 4.10. The Morgan fingerprint density at radius 3 is 2.45 bits per heavy atom. The Balaban J connectivity index is 2.16. The summed E-state index contributed by atoms with van der Waals surface area (Å²) in [5.74, 6) is 0.123. The van der Waals surface area contributed by atoms with E-state index in [2.05, 4.69) is 25.4 Å². The fraction of sp³-hybridized carbons (Fsp3) is 0.235. The van der Waals surface area contributed by atoms with Crippen molar-refractivity contribution in [2.45, 2.75) is 18.0 Å². The zero-order valence-corrected chi connectivity index (χ0v) is 16.4. The summed E-state index contributed by atoms with van der Waals surface area (Å²) in [4.78, 5) is 1.16. The lowest BCUT2D eigenvalue weighted by molar-refractivity contribution is -0.137. The Hall–Kier alpha value is -2.99. The van der Waals surface area contributed by atoms with Crippen molar-refractivity contribution in [3.63, 3.8) is 0 Å². The second kappa shape index (κ2) is 7.44. The minimum absolute atomic E-state index is 0.0328. The Bertz CT molecular complexity index is 1160. The Kier molecular flexibility index (Phi) is 5.32. The first-order valence-electron chi connectivity index (χ1n) is 8.28. The third-order valence-corrected chi connectivity index (χ3v) is 5.49. The molecule has 0 aliphatic rings. The molecule has 29 heavy (non-hydrogen) atoms. The molecule has 8 nitrogen and oxygen atoms in total. The minimum Gasteiger partial charge on any atom is -0.355 e. The summed E-state index contributed by atoms with van der Waals surface area (Å²) in [6.45, 7) is 1.63. The molecule has 0 amide bonds. The number of benzene rings is 2. The molecule has 0 fully saturated rings. The standard InChI is InChI=1S/C17H17F3N6O2S/c1-10-7-13(29(27,28)21-2)9-14(16-23-25-26(3)24-16)15(10)22-12-6-4-5-11(8-12)17(18,19)20/h4-9,21-22H,1-3H3. The number of sulfonamides is 1. The average Bonchev–Trinajstić information content (AvgIpc) is 3.09. The summed E-state index contributed by atoms with van der Waals surface area (Å²) in [6, 6.07) is 7.42. The zero-order chi connectivity index (χ0) is 21.4. The van der Waals surface area contributed by atoms with Gasteiger partial charge in [0.05, 0.1) is 23.2 Å². The van der Waals surface area contributed by atoms with Gasteiger partial charge in [-0.1, -0.05) is 6.07 Å². The number of tetrazole rings is 1. The monoisotopic (exact) mass is 426 g/mol. The number of aryl methyl sites for hydroxylation is 2. The average molecular weight is 426 g/mol. The molecule has 1 heterocycles. The molecular formula is C17H17F3N6O2S. The number of halogens is 3. The summed E-state index contributed by atoms with van der Waals surface area (Å²) in [6.07, 6.45) is -4.49. The van der Waals surface area contributed by atoms with Gasteiger partial charge in [-0.3, -0.25) is 0 Å². The second-order valence-electron chi connectivity index (χ2n) is 6.18. The van der Waals surface area contributed by atoms with Gasteiger partial charge in [0, 0.05) is 11.3 Å². The van der Waals surface area contributed by atoms with E-state index in [4.69, 9.17) is 0 Å². The molecule has 2 N–H and O–H groups in total. The molecule has 3 rings (SSSR count). The topological polar surface area (TPSA) is 102 Å². The molecule has 154 valence electrons. The number of nitrogens with one attached hydrogen (secondary N) is 2. The molecular weight excluding hydrogens is 409 g/mol. The predicted molar refractivity (Wildman–Crippen MR) is 99.9 cm³/mol. The zero-order valence-electron chi connectivity index (χ0n) is 15.6. The van der Waals surface area contributed by atoms with Gasteiger partial charge in [0.1, 0.15) is 0 Å². The highest BCUT2D eigenvalue weighted by atomic mass is 32.2. The predicted octanol–water partition coefficient (Wildman–Crippen LogP) is 2.86. The van der Waals surface area contributed by atoms with Crippen LogP contribution in [0.3, 0.4) is 0 Å². The van der Waals surface area contributed by atoms with Crippen LogP contribution < -0.4 is 10.0 Å². The maximum atomic E-state index is 13.0. The molecule has 3 aromatic rings. The highest BCUT2D eigenvalue weighted by Crippen LogP contribution is 2.36. The van der Waals surface area contributed by atoms with E-state index in [0.717, 1.165) is 12.1 Å². The van der Waals surface area contributed by atoms with Crippen molar-refractivity contribution >= 4 is 21.4 Å². The van der Waals surface area contributed by atoms with Crippen LogP contribution in [-0.2, 0) is 23.2 Å². The highest BCUT2D eigenvalue weighted by Gasteiger charge is 2.30. The Labute approximate surface area is 164 Å². The van der Waals surface area contributed by atoms with E-state index in [9.17, 15) is 21.6 Å². The number of anilines is 2. The largest absolute Gasteiger partial charge is 0.416 e. The van der Waals surface area contributed by atoms with Gasteiger partial charge in [-0.2, -0.15) is 18.0 Å². The summed E-state index contributed by atoms with van der Waals surface area (Å²) < 4.78 is 65.8. The fourth-order valence-corrected chi connectivity index (χ4v) is 3.52. The van der Waals surface area contributed by atoms with E-state index in [1.807, 2.05) is 0 Å². The molecule has 0 spiro atoms. The van der Waals surface area contributed by atoms with Crippen LogP contribution in [0.25, 0.3) is 11.4 Å². The number of hydrogen-bond acceptors (Lipinski definition) is 6. The van der Waals surface area contributed by atoms with Crippen molar-refractivity contribution in [1.82, 2.24) is 24.9 Å². The van der Waals surface area contributed by atoms with E-state index in [0.29, 0.717) is 11.3 Å². The van der Waals surface area contributed by atoms with E-state index in [1.165, 1.54) is 43.2 Å². The molecule has 0 saturated carbocycles. The van der Waals surface area contributed by atoms with Gasteiger partial charge in [-0.25, -0.2) is 13.1 Å². The van der Waals surface area contributed by atoms with Gasteiger partial charge in [-0.05, 0) is 55.1 Å². The lowest BCUT2D eigenvalue weighted by atomic mass is 10.1. The van der Waals surface area contributed by atoms with Crippen LogP contribution in [0.2, 0.25) is 0 Å². The van der Waals surface area contributed by atoms with Crippen molar-refractivity contribution in [3.8, 4) is 11.4 Å². The molecule has 2 aromatic carbocycles. The molecule has 1 aromatic heterocycles. The number of nitrogens with zero attached hydrogens (tertiary/aromatic N) is 4. The first-order chi connectivity index (χ1) is 13.5. The van der Waals surface area contributed by atoms with Crippen LogP contribution in [-0.4, -0.2) is 35.7 Å². The van der Waals surface area contributed by atoms with E-state index in [1.54, 1.807) is 6.92 Å². The van der Waals surface area contributed by atoms with Crippen LogP contribution in [0, 0.1) is 6.92 Å². The molecule has 0 bridgehead atoms. The Morgan fingerprint density at radius 1 is 1.14 bits per heavy atom. The van der Waals surface area contributed by atoms with Gasteiger partial charge in [0.15, 0.2) is 0 Å². The molecule has 0 aliphatic heterocycles.